The highest BCUT2D eigenvalue weighted by molar-refractivity contribution is 5.98. The van der Waals surface area contributed by atoms with Gasteiger partial charge in [0.15, 0.2) is 0 Å². The summed E-state index contributed by atoms with van der Waals surface area (Å²) in [4.78, 5) is 21.3. The van der Waals surface area contributed by atoms with E-state index >= 15 is 0 Å². The first-order chi connectivity index (χ1) is 14.8. The minimum absolute atomic E-state index is 0.253. The summed E-state index contributed by atoms with van der Waals surface area (Å²) in [6, 6.07) is 16.8. The van der Waals surface area contributed by atoms with Crippen molar-refractivity contribution in [2.75, 3.05) is 0 Å². The predicted octanol–water partition coefficient (Wildman–Crippen LogP) is 5.48. The van der Waals surface area contributed by atoms with Crippen molar-refractivity contribution in [3.63, 3.8) is 0 Å². The number of hydrogen-bond acceptors (Lipinski definition) is 3. The van der Waals surface area contributed by atoms with Gasteiger partial charge in [-0.25, -0.2) is 0 Å². The molecule has 4 nitrogen and oxygen atoms in total. The summed E-state index contributed by atoms with van der Waals surface area (Å²) < 4.78 is 41.1. The highest BCUT2D eigenvalue weighted by atomic mass is 19.4. The third-order valence-corrected chi connectivity index (χ3v) is 5.06. The van der Waals surface area contributed by atoms with E-state index in [1.165, 1.54) is 12.3 Å². The van der Waals surface area contributed by atoms with Crippen LogP contribution in [0.5, 0.6) is 0 Å². The van der Waals surface area contributed by atoms with E-state index in [2.05, 4.69) is 15.3 Å². The molecule has 0 spiro atoms. The van der Waals surface area contributed by atoms with Crippen LogP contribution >= 0.6 is 0 Å². The van der Waals surface area contributed by atoms with Crippen LogP contribution in [0, 0.1) is 6.92 Å². The Morgan fingerprint density at radius 3 is 2.45 bits per heavy atom. The number of aryl methyl sites for hydroxylation is 1. The maximum atomic E-state index is 13.7. The Bertz CT molecular complexity index is 1250. The smallest absolute Gasteiger partial charge is 0.340 e. The number of rotatable bonds is 4. The SMILES string of the molecule is Cc1ccccc1[C@H](NC(=O)c1ccc2cccnc2c1)c1ncccc1C(F)(F)F. The summed E-state index contributed by atoms with van der Waals surface area (Å²) >= 11 is 0. The van der Waals surface area contributed by atoms with Crippen molar-refractivity contribution in [1.29, 1.82) is 0 Å². The molecule has 1 amide bonds. The predicted molar refractivity (Wildman–Crippen MR) is 111 cm³/mol. The molecule has 0 bridgehead atoms. The van der Waals surface area contributed by atoms with Gasteiger partial charge in [0.2, 0.25) is 0 Å². The summed E-state index contributed by atoms with van der Waals surface area (Å²) in [7, 11) is 0. The standard InChI is InChI=1S/C24H18F3N3O/c1-15-6-2-3-8-18(15)21(22-19(24(25,26)27)9-5-13-29-22)30-23(31)17-11-10-16-7-4-12-28-20(16)14-17/h2-14,21H,1H3,(H,30,31)/t21-/m0/s1. The van der Waals surface area contributed by atoms with Crippen LogP contribution in [0.1, 0.15) is 38.8 Å². The quantitative estimate of drug-likeness (QED) is 0.475. The van der Waals surface area contributed by atoms with E-state index in [0.29, 0.717) is 16.6 Å². The lowest BCUT2D eigenvalue weighted by atomic mass is 9.95. The minimum Gasteiger partial charge on any atom is -0.340 e. The summed E-state index contributed by atoms with van der Waals surface area (Å²) in [5.74, 6) is -0.514. The number of amides is 1. The maximum absolute atomic E-state index is 13.7. The molecule has 2 aromatic carbocycles. The number of aromatic nitrogens is 2. The third kappa shape index (κ3) is 4.26. The van der Waals surface area contributed by atoms with Crippen LogP contribution in [-0.4, -0.2) is 15.9 Å². The molecule has 1 atom stereocenters. The van der Waals surface area contributed by atoms with Gasteiger partial charge in [0.25, 0.3) is 5.91 Å². The fourth-order valence-electron chi connectivity index (χ4n) is 3.51. The molecule has 7 heteroatoms. The molecule has 4 aromatic rings. The van der Waals surface area contributed by atoms with Crippen molar-refractivity contribution in [2.45, 2.75) is 19.1 Å². The monoisotopic (exact) mass is 421 g/mol. The first kappa shape index (κ1) is 20.5. The molecule has 4 rings (SSSR count). The number of nitrogens with zero attached hydrogens (tertiary/aromatic N) is 2. The number of fused-ring (bicyclic) bond motifs is 1. The van der Waals surface area contributed by atoms with E-state index in [1.807, 2.05) is 6.07 Å². The molecule has 0 saturated heterocycles. The van der Waals surface area contributed by atoms with Gasteiger partial charge >= 0.3 is 6.18 Å². The van der Waals surface area contributed by atoms with Crippen molar-refractivity contribution in [1.82, 2.24) is 15.3 Å². The zero-order chi connectivity index (χ0) is 22.0. The summed E-state index contributed by atoms with van der Waals surface area (Å²) in [5, 5.41) is 3.61. The van der Waals surface area contributed by atoms with E-state index in [0.717, 1.165) is 17.0 Å². The topological polar surface area (TPSA) is 54.9 Å². The van der Waals surface area contributed by atoms with Gasteiger partial charge in [0.1, 0.15) is 0 Å². The average molecular weight is 421 g/mol. The molecular formula is C24H18F3N3O. The summed E-state index contributed by atoms with van der Waals surface area (Å²) in [6.07, 6.45) is -1.70. The van der Waals surface area contributed by atoms with Crippen molar-refractivity contribution >= 4 is 16.8 Å². The Hall–Kier alpha value is -3.74. The van der Waals surface area contributed by atoms with Gasteiger partial charge in [-0.2, -0.15) is 13.2 Å². The molecule has 2 aromatic heterocycles. The van der Waals surface area contributed by atoms with E-state index in [9.17, 15) is 18.0 Å². The first-order valence-corrected chi connectivity index (χ1v) is 9.58. The Balaban J connectivity index is 1.79. The van der Waals surface area contributed by atoms with Crippen LogP contribution in [0.3, 0.4) is 0 Å². The normalized spacial score (nSPS) is 12.5. The van der Waals surface area contributed by atoms with E-state index in [-0.39, 0.29) is 5.69 Å². The molecule has 0 radical (unpaired) electrons. The molecule has 156 valence electrons. The molecule has 31 heavy (non-hydrogen) atoms. The van der Waals surface area contributed by atoms with Crippen molar-refractivity contribution in [3.8, 4) is 0 Å². The zero-order valence-corrected chi connectivity index (χ0v) is 16.5. The number of hydrogen-bond donors (Lipinski definition) is 1. The van der Waals surface area contributed by atoms with Gasteiger partial charge < -0.3 is 5.32 Å². The van der Waals surface area contributed by atoms with Crippen LogP contribution in [0.2, 0.25) is 0 Å². The van der Waals surface area contributed by atoms with Crippen LogP contribution < -0.4 is 5.32 Å². The van der Waals surface area contributed by atoms with E-state index in [4.69, 9.17) is 0 Å². The van der Waals surface area contributed by atoms with E-state index < -0.39 is 23.7 Å². The number of carbonyl (C=O) groups excluding carboxylic acids is 1. The number of pyridine rings is 2. The number of carbonyl (C=O) groups is 1. The third-order valence-electron chi connectivity index (χ3n) is 5.06. The Kier molecular flexibility index (Phi) is 5.42. The summed E-state index contributed by atoms with van der Waals surface area (Å²) in [6.45, 7) is 1.78. The molecule has 2 heterocycles. The fourth-order valence-corrected chi connectivity index (χ4v) is 3.51. The van der Waals surface area contributed by atoms with Crippen LogP contribution in [-0.2, 0) is 6.18 Å². The average Bonchev–Trinajstić information content (AvgIpc) is 2.77. The maximum Gasteiger partial charge on any atom is 0.418 e. The second kappa shape index (κ2) is 8.18. The molecule has 0 saturated carbocycles. The number of nitrogens with one attached hydrogen (secondary N) is 1. The molecule has 0 fully saturated rings. The van der Waals surface area contributed by atoms with Crippen molar-refractivity contribution in [2.24, 2.45) is 0 Å². The van der Waals surface area contributed by atoms with Gasteiger partial charge in [-0.05, 0) is 48.4 Å². The molecule has 0 aliphatic rings. The number of alkyl halides is 3. The molecule has 0 aliphatic carbocycles. The molecular weight excluding hydrogens is 403 g/mol. The van der Waals surface area contributed by atoms with Gasteiger partial charge in [0, 0.05) is 23.3 Å². The van der Waals surface area contributed by atoms with Crippen molar-refractivity contribution in [3.05, 3.63) is 107 Å². The molecule has 0 unspecified atom stereocenters. The highest BCUT2D eigenvalue weighted by Crippen LogP contribution is 2.36. The largest absolute Gasteiger partial charge is 0.418 e. The zero-order valence-electron chi connectivity index (χ0n) is 16.5. The van der Waals surface area contributed by atoms with Crippen LogP contribution in [0.15, 0.2) is 79.1 Å². The number of benzene rings is 2. The Morgan fingerprint density at radius 2 is 1.68 bits per heavy atom. The van der Waals surface area contributed by atoms with Crippen molar-refractivity contribution < 1.29 is 18.0 Å². The van der Waals surface area contributed by atoms with Gasteiger partial charge in [-0.1, -0.05) is 36.4 Å². The lowest BCUT2D eigenvalue weighted by Crippen LogP contribution is -2.32. The minimum atomic E-state index is -4.61. The van der Waals surface area contributed by atoms with E-state index in [1.54, 1.807) is 61.7 Å². The summed E-state index contributed by atoms with van der Waals surface area (Å²) in [5.41, 5.74) is 1.07. The van der Waals surface area contributed by atoms with Crippen LogP contribution in [0.25, 0.3) is 10.9 Å². The molecule has 0 aliphatic heterocycles. The van der Waals surface area contributed by atoms with Gasteiger partial charge in [0.05, 0.1) is 22.8 Å². The highest BCUT2D eigenvalue weighted by Gasteiger charge is 2.37. The Morgan fingerprint density at radius 1 is 0.935 bits per heavy atom. The van der Waals surface area contributed by atoms with Gasteiger partial charge in [-0.3, -0.25) is 14.8 Å². The lowest BCUT2D eigenvalue weighted by molar-refractivity contribution is -0.138. The molecule has 1 N–H and O–H groups in total. The lowest BCUT2D eigenvalue weighted by Gasteiger charge is -2.23. The fraction of sp³-hybridized carbons (Fsp3) is 0.125. The second-order valence-electron chi connectivity index (χ2n) is 7.11. The van der Waals surface area contributed by atoms with Crippen LogP contribution in [0.4, 0.5) is 13.2 Å². The second-order valence-corrected chi connectivity index (χ2v) is 7.11. The number of halogens is 3. The first-order valence-electron chi connectivity index (χ1n) is 9.58. The Labute approximate surface area is 176 Å². The van der Waals surface area contributed by atoms with Gasteiger partial charge in [-0.15, -0.1) is 0 Å².